The van der Waals surface area contributed by atoms with E-state index in [0.29, 0.717) is 22.1 Å². The van der Waals surface area contributed by atoms with E-state index in [4.69, 9.17) is 4.74 Å². The summed E-state index contributed by atoms with van der Waals surface area (Å²) < 4.78 is 70.0. The SMILES string of the molecule is CCC(C)(F)F.O=C(O)c1ncsc1COc1cc2c(cc1SC1CC(F)(F)C1)N(c1cccc(F)c1)CCCS2. The summed E-state index contributed by atoms with van der Waals surface area (Å²) >= 11 is 4.19. The fourth-order valence-corrected chi connectivity index (χ4v) is 7.15. The van der Waals surface area contributed by atoms with Gasteiger partial charge in [-0.2, -0.15) is 0 Å². The number of carboxylic acid groups (broad SMARTS) is 1. The Morgan fingerprint density at radius 2 is 2.00 bits per heavy atom. The second-order valence-electron chi connectivity index (χ2n) is 9.75. The molecule has 13 heteroatoms. The minimum absolute atomic E-state index is 0.0117. The monoisotopic (exact) mass is 632 g/mol. The third-order valence-electron chi connectivity index (χ3n) is 6.39. The maximum Gasteiger partial charge on any atom is 0.355 e. The zero-order chi connectivity index (χ0) is 29.8. The number of hydrogen-bond acceptors (Lipinski definition) is 7. The van der Waals surface area contributed by atoms with Crippen molar-refractivity contribution in [2.75, 3.05) is 17.2 Å². The van der Waals surface area contributed by atoms with Gasteiger partial charge in [0, 0.05) is 41.6 Å². The summed E-state index contributed by atoms with van der Waals surface area (Å²) in [7, 11) is 0. The number of carboxylic acids is 1. The quantitative estimate of drug-likeness (QED) is 0.249. The Morgan fingerprint density at radius 3 is 2.63 bits per heavy atom. The molecule has 0 spiro atoms. The van der Waals surface area contributed by atoms with Crippen molar-refractivity contribution in [2.24, 2.45) is 0 Å². The number of nitrogens with zero attached hydrogens (tertiary/aromatic N) is 2. The molecule has 222 valence electrons. The lowest BCUT2D eigenvalue weighted by molar-refractivity contribution is -0.0667. The van der Waals surface area contributed by atoms with Gasteiger partial charge in [-0.05, 0) is 49.4 Å². The Balaban J connectivity index is 0.000000585. The van der Waals surface area contributed by atoms with Crippen molar-refractivity contribution >= 4 is 52.2 Å². The normalized spacial score (nSPS) is 16.6. The molecule has 1 aliphatic carbocycles. The topological polar surface area (TPSA) is 62.7 Å². The van der Waals surface area contributed by atoms with Crippen LogP contribution in [-0.2, 0) is 6.61 Å². The summed E-state index contributed by atoms with van der Waals surface area (Å²) in [5, 5.41) is 9.09. The fourth-order valence-electron chi connectivity index (χ4n) is 4.06. The van der Waals surface area contributed by atoms with E-state index in [2.05, 4.69) is 4.98 Å². The first kappa shape index (κ1) is 31.4. The number of aromatic carboxylic acids is 1. The number of benzene rings is 2. The predicted molar refractivity (Wildman–Crippen MR) is 153 cm³/mol. The van der Waals surface area contributed by atoms with Gasteiger partial charge >= 0.3 is 5.97 Å². The van der Waals surface area contributed by atoms with E-state index in [0.717, 1.165) is 35.4 Å². The molecule has 1 saturated carbocycles. The van der Waals surface area contributed by atoms with Crippen LogP contribution in [0.3, 0.4) is 0 Å². The van der Waals surface area contributed by atoms with Crippen LogP contribution in [0.15, 0.2) is 51.7 Å². The van der Waals surface area contributed by atoms with Gasteiger partial charge in [-0.25, -0.2) is 31.7 Å². The number of halogens is 5. The van der Waals surface area contributed by atoms with Crippen molar-refractivity contribution in [2.45, 2.75) is 73.0 Å². The van der Waals surface area contributed by atoms with Crippen LogP contribution >= 0.6 is 34.9 Å². The summed E-state index contributed by atoms with van der Waals surface area (Å²) in [4.78, 5) is 19.5. The predicted octanol–water partition coefficient (Wildman–Crippen LogP) is 9.13. The molecule has 0 unspecified atom stereocenters. The Kier molecular flexibility index (Phi) is 10.1. The molecule has 0 amide bonds. The molecule has 0 bridgehead atoms. The van der Waals surface area contributed by atoms with Gasteiger partial charge in [-0.3, -0.25) is 0 Å². The third-order valence-corrected chi connectivity index (χ3v) is 9.57. The lowest BCUT2D eigenvalue weighted by atomic mass is 9.94. The van der Waals surface area contributed by atoms with Crippen molar-refractivity contribution < 1.29 is 36.6 Å². The highest BCUT2D eigenvalue weighted by molar-refractivity contribution is 8.00. The van der Waals surface area contributed by atoms with Crippen molar-refractivity contribution in [3.63, 3.8) is 0 Å². The molecule has 1 fully saturated rings. The van der Waals surface area contributed by atoms with Gasteiger partial charge in [0.05, 0.1) is 21.0 Å². The number of ether oxygens (including phenoxy) is 1. The number of aromatic nitrogens is 1. The number of hydrogen-bond donors (Lipinski definition) is 1. The maximum absolute atomic E-state index is 14.0. The molecule has 41 heavy (non-hydrogen) atoms. The Hall–Kier alpha value is -2.51. The summed E-state index contributed by atoms with van der Waals surface area (Å²) in [6, 6.07) is 10.2. The van der Waals surface area contributed by atoms with Gasteiger partial charge in [0.2, 0.25) is 11.8 Å². The zero-order valence-corrected chi connectivity index (χ0v) is 24.8. The van der Waals surface area contributed by atoms with Crippen LogP contribution in [-0.4, -0.2) is 45.5 Å². The molecule has 2 aromatic carbocycles. The molecule has 1 aromatic heterocycles. The van der Waals surface area contributed by atoms with Gasteiger partial charge in [0.1, 0.15) is 18.2 Å². The molecule has 3 aromatic rings. The van der Waals surface area contributed by atoms with Gasteiger partial charge in [0.25, 0.3) is 0 Å². The van der Waals surface area contributed by atoms with E-state index < -0.39 is 17.8 Å². The van der Waals surface area contributed by atoms with E-state index >= 15 is 0 Å². The molecular formula is C28H29F5N2O3S3. The molecule has 0 radical (unpaired) electrons. The maximum atomic E-state index is 14.0. The van der Waals surface area contributed by atoms with Gasteiger partial charge < -0.3 is 14.7 Å². The number of thiazole rings is 1. The standard InChI is InChI=1S/C24H21F3N2O3S3.C4H8F2/c25-14-3-1-4-15(7-14)29-5-2-6-33-19-9-18(32-12-21-22(23(30)31)28-13-34-21)20(8-17(19)29)35-16-10-24(26,27)11-16;1-3-4(2,5)6/h1,3-4,7-9,13,16H,2,5-6,10-12H2,(H,30,31);3H2,1-2H3. The summed E-state index contributed by atoms with van der Waals surface area (Å²) in [6.07, 6.45) is 0.419. The number of anilines is 2. The molecule has 2 aliphatic rings. The Bertz CT molecular complexity index is 1360. The first-order valence-electron chi connectivity index (χ1n) is 12.9. The van der Waals surface area contributed by atoms with Crippen LogP contribution in [0.2, 0.25) is 0 Å². The lowest BCUT2D eigenvalue weighted by Gasteiger charge is -2.35. The van der Waals surface area contributed by atoms with Crippen LogP contribution in [0.4, 0.5) is 33.3 Å². The van der Waals surface area contributed by atoms with E-state index in [1.165, 1.54) is 47.7 Å². The second kappa shape index (κ2) is 13.2. The largest absolute Gasteiger partial charge is 0.487 e. The Labute approximate surface area is 247 Å². The average molecular weight is 633 g/mol. The van der Waals surface area contributed by atoms with Gasteiger partial charge in [0.15, 0.2) is 5.69 Å². The number of carbonyl (C=O) groups is 1. The number of alkyl halides is 4. The molecule has 0 atom stereocenters. The molecule has 1 aliphatic heterocycles. The minimum atomic E-state index is -2.65. The third kappa shape index (κ3) is 8.51. The summed E-state index contributed by atoms with van der Waals surface area (Å²) in [6.45, 7) is 3.07. The molecule has 5 nitrogen and oxygen atoms in total. The van der Waals surface area contributed by atoms with Crippen LogP contribution in [0.25, 0.3) is 0 Å². The fraction of sp³-hybridized carbons (Fsp3) is 0.429. The highest BCUT2D eigenvalue weighted by Crippen LogP contribution is 2.51. The Morgan fingerprint density at radius 1 is 1.27 bits per heavy atom. The van der Waals surface area contributed by atoms with E-state index in [-0.39, 0.29) is 42.6 Å². The van der Waals surface area contributed by atoms with E-state index in [1.54, 1.807) is 17.8 Å². The number of fused-ring (bicyclic) bond motifs is 1. The summed E-state index contributed by atoms with van der Waals surface area (Å²) in [5.74, 6) is -5.18. The van der Waals surface area contributed by atoms with Crippen LogP contribution < -0.4 is 9.64 Å². The van der Waals surface area contributed by atoms with Crippen molar-refractivity contribution in [3.05, 3.63) is 58.3 Å². The van der Waals surface area contributed by atoms with Crippen molar-refractivity contribution in [1.82, 2.24) is 4.98 Å². The van der Waals surface area contributed by atoms with Crippen molar-refractivity contribution in [1.29, 1.82) is 0 Å². The van der Waals surface area contributed by atoms with Crippen molar-refractivity contribution in [3.8, 4) is 5.75 Å². The van der Waals surface area contributed by atoms with Crippen LogP contribution in [0.5, 0.6) is 5.75 Å². The van der Waals surface area contributed by atoms with Gasteiger partial charge in [-0.15, -0.1) is 34.9 Å². The molecule has 5 rings (SSSR count). The smallest absolute Gasteiger partial charge is 0.355 e. The minimum Gasteiger partial charge on any atom is -0.487 e. The highest BCUT2D eigenvalue weighted by Gasteiger charge is 2.46. The van der Waals surface area contributed by atoms with Gasteiger partial charge in [-0.1, -0.05) is 13.0 Å². The second-order valence-corrected chi connectivity index (χ2v) is 13.2. The van der Waals surface area contributed by atoms with Crippen LogP contribution in [0.1, 0.15) is 54.9 Å². The first-order valence-corrected chi connectivity index (χ1v) is 15.6. The van der Waals surface area contributed by atoms with Crippen LogP contribution in [0, 0.1) is 5.82 Å². The molecular weight excluding hydrogens is 604 g/mol. The summed E-state index contributed by atoms with van der Waals surface area (Å²) in [5.41, 5.74) is 3.01. The number of rotatable bonds is 8. The molecule has 2 heterocycles. The zero-order valence-electron chi connectivity index (χ0n) is 22.3. The molecule has 0 saturated heterocycles. The van der Waals surface area contributed by atoms with E-state index in [1.807, 2.05) is 23.1 Å². The highest BCUT2D eigenvalue weighted by atomic mass is 32.2. The first-order chi connectivity index (χ1) is 19.3. The lowest BCUT2D eigenvalue weighted by Crippen LogP contribution is -2.37. The molecule has 1 N–H and O–H groups in total. The van der Waals surface area contributed by atoms with E-state index in [9.17, 15) is 31.9 Å². The average Bonchev–Trinajstić information content (AvgIpc) is 3.27. The number of thioether (sulfide) groups is 2.